The minimum atomic E-state index is -1.53. The van der Waals surface area contributed by atoms with Crippen LogP contribution in [-0.4, -0.2) is 185 Å². The van der Waals surface area contributed by atoms with Gasteiger partial charge in [-0.1, -0.05) is 73.9 Å². The number of guanidine groups is 1. The second kappa shape index (κ2) is 35.0. The number of phenols is 1. The molecule has 4 rings (SSSR count). The normalized spacial score (nSPS) is 16.4. The average Bonchev–Trinajstić information content (AvgIpc) is 3.21. The summed E-state index contributed by atoms with van der Waals surface area (Å²) in [4.78, 5) is 171. The second-order valence-electron chi connectivity index (χ2n) is 23.4. The maximum atomic E-state index is 14.9. The summed E-state index contributed by atoms with van der Waals surface area (Å²) < 4.78 is 0. The highest BCUT2D eigenvalue weighted by Gasteiger charge is 2.42. The number of carbonyl (C=O) groups excluding carboxylic acids is 9. The number of nitrogens with one attached hydrogen (secondary N) is 10. The van der Waals surface area contributed by atoms with E-state index in [1.165, 1.54) is 54.2 Å². The van der Waals surface area contributed by atoms with Gasteiger partial charge in [-0.3, -0.25) is 52.9 Å². The number of aliphatic carboxylic acids is 2. The van der Waals surface area contributed by atoms with Gasteiger partial charge in [-0.25, -0.2) is 14.8 Å². The van der Waals surface area contributed by atoms with Crippen molar-refractivity contribution in [2.24, 2.45) is 45.9 Å². The number of nitrogens with two attached hydrogens (primary N) is 3. The number of H-pyrrole nitrogens is 2. The van der Waals surface area contributed by atoms with Crippen LogP contribution in [0.1, 0.15) is 117 Å². The third kappa shape index (κ3) is 23.1. The Hall–Kier alpha value is -9.16. The number of hydrogen-bond donors (Lipinski definition) is 16. The van der Waals surface area contributed by atoms with Gasteiger partial charge in [0, 0.05) is 56.1 Å². The van der Waals surface area contributed by atoms with Crippen molar-refractivity contribution < 1.29 is 68.1 Å². The SMILES string of the molecule is CC[C@H](C)[C@H](NC(=O)[C@H](Cc1ccc(O)cc1)NC(=O)[C@@H](NC(=O)[C@H](CCCN=C(N)N)NC(=O)[C@@H](N)CC(=O)O)C(C)C)C(=O)N[C@@H](Cc1cnc[nH]1)C(=O)N1CCC[C@H]1C(=O)N[C@H](C(=O)N[C@@H](Cc1cnc[nH]1)C(=O)N[C@@H](CC(C)C)C(=O)O)C(C)C. The molecule has 3 heterocycles. The predicted molar refractivity (Wildman–Crippen MR) is 323 cm³/mol. The van der Waals surface area contributed by atoms with Crippen molar-refractivity contribution >= 4 is 71.1 Å². The molecule has 0 saturated carbocycles. The van der Waals surface area contributed by atoms with Crippen LogP contribution in [0.3, 0.4) is 0 Å². The average molecular weight is 1250 g/mol. The van der Waals surface area contributed by atoms with E-state index in [0.717, 1.165) is 0 Å². The number of benzene rings is 1. The molecule has 2 aromatic heterocycles. The summed E-state index contributed by atoms with van der Waals surface area (Å²) in [6.07, 6.45) is 5.43. The van der Waals surface area contributed by atoms with Gasteiger partial charge >= 0.3 is 11.9 Å². The fourth-order valence-electron chi connectivity index (χ4n) is 9.83. The number of aromatic hydroxyl groups is 1. The third-order valence-corrected chi connectivity index (χ3v) is 15.0. The maximum Gasteiger partial charge on any atom is 0.326 e. The maximum absolute atomic E-state index is 14.9. The summed E-state index contributed by atoms with van der Waals surface area (Å²) in [5, 5.41) is 50.5. The molecule has 11 atom stereocenters. The minimum Gasteiger partial charge on any atom is -0.508 e. The minimum absolute atomic E-state index is 0.0451. The Morgan fingerprint density at radius 3 is 1.65 bits per heavy atom. The van der Waals surface area contributed by atoms with Crippen molar-refractivity contribution in [1.29, 1.82) is 0 Å². The Morgan fingerprint density at radius 2 is 1.13 bits per heavy atom. The van der Waals surface area contributed by atoms with Gasteiger partial charge in [0.2, 0.25) is 53.2 Å². The van der Waals surface area contributed by atoms with Gasteiger partial charge in [-0.2, -0.15) is 0 Å². The Morgan fingerprint density at radius 1 is 0.640 bits per heavy atom. The number of carboxylic acids is 2. The Bertz CT molecular complexity index is 2900. The van der Waals surface area contributed by atoms with Crippen LogP contribution in [0.2, 0.25) is 0 Å². The molecule has 89 heavy (non-hydrogen) atoms. The number of nitrogens with zero attached hydrogens (tertiary/aromatic N) is 4. The Labute approximate surface area is 515 Å². The summed E-state index contributed by atoms with van der Waals surface area (Å²) in [5.74, 6) is -12.2. The van der Waals surface area contributed by atoms with Crippen LogP contribution in [-0.2, 0) is 72.0 Å². The smallest absolute Gasteiger partial charge is 0.326 e. The van der Waals surface area contributed by atoms with Crippen LogP contribution in [0.25, 0.3) is 0 Å². The number of aromatic amines is 2. The fraction of sp³-hybridized carbons (Fsp3) is 0.586. The number of imidazole rings is 2. The number of likely N-dealkylation sites (tertiary alicyclic amines) is 1. The summed E-state index contributed by atoms with van der Waals surface area (Å²) in [7, 11) is 0. The lowest BCUT2D eigenvalue weighted by Gasteiger charge is -2.32. The monoisotopic (exact) mass is 1250 g/mol. The molecule has 0 radical (unpaired) electrons. The standard InChI is InChI=1S/C58H89N17O14/c1-9-32(8)47(74-51(82)39(21-33-14-16-36(76)17-15-33)68-53(84)45(30(4)5)72-49(80)38(12-10-18-64-58(60)61)67-48(79)37(59)24-44(77)78)55(86)70-41(23-35-26-63-28-66-35)56(87)75-19-11-13-43(75)52(83)73-46(31(6)7)54(85)69-40(22-34-25-62-27-65-34)50(81)71-42(57(88)89)20-29(2)3/h14-17,25-32,37-43,45-47,76H,9-13,18-24,59H2,1-8H3,(H,62,65)(H,63,66)(H,67,79)(H,68,84)(H,69,85)(H,70,86)(H,71,81)(H,72,80)(H,73,83)(H,74,82)(H,77,78)(H,88,89)(H4,60,61,64)/t32-,37-,38-,39-,40-,41-,42-,43-,45-,46-,47-/m0/s1. The van der Waals surface area contributed by atoms with Gasteiger partial charge in [0.25, 0.3) is 0 Å². The van der Waals surface area contributed by atoms with E-state index in [4.69, 9.17) is 17.2 Å². The molecular weight excluding hydrogens is 1160 g/mol. The zero-order valence-electron chi connectivity index (χ0n) is 51.5. The van der Waals surface area contributed by atoms with Crippen molar-refractivity contribution in [3.05, 3.63) is 66.3 Å². The van der Waals surface area contributed by atoms with Gasteiger partial charge < -0.3 is 89.9 Å². The molecule has 1 saturated heterocycles. The van der Waals surface area contributed by atoms with E-state index >= 15 is 0 Å². The van der Waals surface area contributed by atoms with E-state index in [0.29, 0.717) is 29.8 Å². The molecule has 0 spiro atoms. The lowest BCUT2D eigenvalue weighted by molar-refractivity contribution is -0.143. The van der Waals surface area contributed by atoms with E-state index in [1.807, 2.05) is 0 Å². The number of rotatable bonds is 36. The first-order valence-corrected chi connectivity index (χ1v) is 29.7. The number of phenolic OH excluding ortho intramolecular Hbond substituents is 1. The second-order valence-corrected chi connectivity index (χ2v) is 23.4. The summed E-state index contributed by atoms with van der Waals surface area (Å²) in [5.41, 5.74) is 18.0. The first-order chi connectivity index (χ1) is 42.0. The van der Waals surface area contributed by atoms with Gasteiger partial charge in [0.15, 0.2) is 5.96 Å². The topological polar surface area (TPSA) is 496 Å². The molecule has 1 aliphatic heterocycles. The van der Waals surface area contributed by atoms with E-state index in [1.54, 1.807) is 55.4 Å². The Balaban J connectivity index is 1.60. The molecular formula is C58H89N17O14. The van der Waals surface area contributed by atoms with Crippen LogP contribution < -0.4 is 59.7 Å². The number of amides is 9. The van der Waals surface area contributed by atoms with E-state index < -0.39 is 150 Å². The number of carbonyl (C=O) groups is 11. The molecule has 1 aromatic carbocycles. The van der Waals surface area contributed by atoms with E-state index in [9.17, 15) is 68.1 Å². The quantitative estimate of drug-likeness (QED) is 0.0171. The molecule has 31 nitrogen and oxygen atoms in total. The van der Waals surface area contributed by atoms with Crippen LogP contribution in [0.5, 0.6) is 5.75 Å². The number of carboxylic acid groups (broad SMARTS) is 2. The van der Waals surface area contributed by atoms with Gasteiger partial charge in [0.05, 0.1) is 25.1 Å². The summed E-state index contributed by atoms with van der Waals surface area (Å²) in [6, 6.07) is -7.68. The summed E-state index contributed by atoms with van der Waals surface area (Å²) in [6.45, 7) is 13.7. The lowest BCUT2D eigenvalue weighted by atomic mass is 9.96. The van der Waals surface area contributed by atoms with Gasteiger partial charge in [-0.05, 0) is 73.5 Å². The zero-order chi connectivity index (χ0) is 66.2. The largest absolute Gasteiger partial charge is 0.508 e. The molecule has 19 N–H and O–H groups in total. The molecule has 0 bridgehead atoms. The molecule has 490 valence electrons. The van der Waals surface area contributed by atoms with E-state index in [-0.39, 0.29) is 75.7 Å². The lowest BCUT2D eigenvalue weighted by Crippen LogP contribution is -2.62. The van der Waals surface area contributed by atoms with Crippen molar-refractivity contribution in [2.45, 2.75) is 180 Å². The predicted octanol–water partition coefficient (Wildman–Crippen LogP) is -1.92. The van der Waals surface area contributed by atoms with Gasteiger partial charge in [0.1, 0.15) is 60.1 Å². The first-order valence-electron chi connectivity index (χ1n) is 29.7. The van der Waals surface area contributed by atoms with Crippen LogP contribution >= 0.6 is 0 Å². The van der Waals surface area contributed by atoms with Crippen molar-refractivity contribution in [3.63, 3.8) is 0 Å². The number of hydrogen-bond acceptors (Lipinski definition) is 16. The van der Waals surface area contributed by atoms with Crippen molar-refractivity contribution in [2.75, 3.05) is 13.1 Å². The van der Waals surface area contributed by atoms with Crippen LogP contribution in [0.4, 0.5) is 0 Å². The first kappa shape index (κ1) is 72.3. The van der Waals surface area contributed by atoms with Crippen LogP contribution in [0.15, 0.2) is 54.3 Å². The number of aliphatic imine (C=N–C) groups is 1. The highest BCUT2D eigenvalue weighted by atomic mass is 16.4. The molecule has 1 aliphatic rings. The highest BCUT2D eigenvalue weighted by molar-refractivity contribution is 5.99. The molecule has 3 aromatic rings. The zero-order valence-corrected chi connectivity index (χ0v) is 51.5. The van der Waals surface area contributed by atoms with E-state index in [2.05, 4.69) is 67.5 Å². The highest BCUT2D eigenvalue weighted by Crippen LogP contribution is 2.22. The third-order valence-electron chi connectivity index (χ3n) is 15.0. The number of aromatic nitrogens is 4. The molecule has 31 heteroatoms. The molecule has 1 fully saturated rings. The molecule has 0 aliphatic carbocycles. The summed E-state index contributed by atoms with van der Waals surface area (Å²) >= 11 is 0. The Kier molecular flexibility index (Phi) is 28.4. The molecule has 9 amide bonds. The van der Waals surface area contributed by atoms with Crippen LogP contribution in [0, 0.1) is 23.7 Å². The van der Waals surface area contributed by atoms with Gasteiger partial charge in [-0.15, -0.1) is 0 Å². The fourth-order valence-corrected chi connectivity index (χ4v) is 9.83. The van der Waals surface area contributed by atoms with Crippen molar-refractivity contribution in [3.8, 4) is 5.75 Å². The molecule has 0 unspecified atom stereocenters. The van der Waals surface area contributed by atoms with Crippen molar-refractivity contribution in [1.82, 2.24) is 67.4 Å².